The van der Waals surface area contributed by atoms with Crippen LogP contribution in [0.25, 0.3) is 0 Å². The number of thiophene rings is 2. The predicted octanol–water partition coefficient (Wildman–Crippen LogP) is 2.76. The van der Waals surface area contributed by atoms with E-state index in [2.05, 4.69) is 26.5 Å². The molecule has 2 aromatic rings. The quantitative estimate of drug-likeness (QED) is 0.239. The summed E-state index contributed by atoms with van der Waals surface area (Å²) in [5, 5.41) is 5.26. The summed E-state index contributed by atoms with van der Waals surface area (Å²) < 4.78 is 27.3. The van der Waals surface area contributed by atoms with E-state index in [0.717, 1.165) is 23.8 Å². The van der Waals surface area contributed by atoms with Gasteiger partial charge < -0.3 is 10.2 Å². The van der Waals surface area contributed by atoms with Gasteiger partial charge in [-0.3, -0.25) is 4.99 Å². The molecular formula is C16H25IN4O2S3. The fourth-order valence-electron chi connectivity index (χ4n) is 2.21. The number of aliphatic imine (C=N–C) groups is 1. The summed E-state index contributed by atoms with van der Waals surface area (Å²) in [6.45, 7) is 3.51. The number of nitrogens with zero attached hydrogens (tertiary/aromatic N) is 2. The zero-order chi connectivity index (χ0) is 18.3. The van der Waals surface area contributed by atoms with Crippen LogP contribution < -0.4 is 10.0 Å². The average Bonchev–Trinajstić information content (AvgIpc) is 3.24. The van der Waals surface area contributed by atoms with E-state index >= 15 is 0 Å². The van der Waals surface area contributed by atoms with Crippen LogP contribution in [-0.2, 0) is 16.4 Å². The molecule has 0 atom stereocenters. The van der Waals surface area contributed by atoms with Crippen molar-refractivity contribution >= 4 is 62.6 Å². The van der Waals surface area contributed by atoms with Crippen LogP contribution in [0.1, 0.15) is 9.75 Å². The van der Waals surface area contributed by atoms with Gasteiger partial charge in [-0.25, -0.2) is 13.1 Å². The summed E-state index contributed by atoms with van der Waals surface area (Å²) in [6.07, 6.45) is 0.958. The number of nitrogens with one attached hydrogen (secondary N) is 2. The first-order valence-electron chi connectivity index (χ1n) is 7.92. The predicted molar refractivity (Wildman–Crippen MR) is 122 cm³/mol. The van der Waals surface area contributed by atoms with Gasteiger partial charge in [-0.15, -0.1) is 46.7 Å². The van der Waals surface area contributed by atoms with Gasteiger partial charge in [0.15, 0.2) is 5.96 Å². The van der Waals surface area contributed by atoms with E-state index in [4.69, 9.17) is 0 Å². The normalized spacial score (nSPS) is 11.9. The van der Waals surface area contributed by atoms with Gasteiger partial charge in [-0.2, -0.15) is 0 Å². The smallest absolute Gasteiger partial charge is 0.250 e. The fraction of sp³-hybridized carbons (Fsp3) is 0.438. The molecule has 2 N–H and O–H groups in total. The van der Waals surface area contributed by atoms with E-state index < -0.39 is 10.0 Å². The lowest BCUT2D eigenvalue weighted by atomic mass is 10.3. The topological polar surface area (TPSA) is 73.8 Å². The van der Waals surface area contributed by atoms with Crippen molar-refractivity contribution in [2.45, 2.75) is 17.6 Å². The molecule has 6 nitrogen and oxygen atoms in total. The van der Waals surface area contributed by atoms with Gasteiger partial charge >= 0.3 is 0 Å². The maximum absolute atomic E-state index is 12.2. The second-order valence-electron chi connectivity index (χ2n) is 5.49. The molecule has 0 aromatic carbocycles. The van der Waals surface area contributed by atoms with Crippen molar-refractivity contribution in [2.75, 3.05) is 33.7 Å². The van der Waals surface area contributed by atoms with Gasteiger partial charge in [0, 0.05) is 43.5 Å². The molecule has 2 aromatic heterocycles. The Balaban J connectivity index is 0.00000338. The van der Waals surface area contributed by atoms with E-state index in [-0.39, 0.29) is 24.0 Å². The fourth-order valence-corrected chi connectivity index (χ4v) is 5.27. The number of likely N-dealkylation sites (N-methyl/N-ethyl adjacent to an activating group) is 1. The molecule has 0 spiro atoms. The van der Waals surface area contributed by atoms with Crippen LogP contribution in [0.5, 0.6) is 0 Å². The zero-order valence-corrected chi connectivity index (χ0v) is 19.8. The van der Waals surface area contributed by atoms with Crippen LogP contribution in [0.15, 0.2) is 38.8 Å². The first-order valence-corrected chi connectivity index (χ1v) is 11.1. The van der Waals surface area contributed by atoms with Crippen molar-refractivity contribution in [3.63, 3.8) is 0 Å². The molecule has 0 aliphatic rings. The van der Waals surface area contributed by atoms with Crippen molar-refractivity contribution in [2.24, 2.45) is 4.99 Å². The second kappa shape index (κ2) is 11.2. The zero-order valence-electron chi connectivity index (χ0n) is 15.1. The summed E-state index contributed by atoms with van der Waals surface area (Å²) in [4.78, 5) is 8.59. The highest BCUT2D eigenvalue weighted by Crippen LogP contribution is 2.19. The SMILES string of the molecule is CN=C(NCCNS(=O)(=O)c1ccc(C)s1)N(C)CCc1cccs1.I. The summed E-state index contributed by atoms with van der Waals surface area (Å²) in [5.41, 5.74) is 0. The lowest BCUT2D eigenvalue weighted by Gasteiger charge is -2.21. The molecule has 0 aliphatic heterocycles. The monoisotopic (exact) mass is 528 g/mol. The summed E-state index contributed by atoms with van der Waals surface area (Å²) in [7, 11) is 0.271. The summed E-state index contributed by atoms with van der Waals surface area (Å²) in [5.74, 6) is 0.753. The third-order valence-corrected chi connectivity index (χ3v) is 7.42. The van der Waals surface area contributed by atoms with E-state index in [1.165, 1.54) is 16.2 Å². The van der Waals surface area contributed by atoms with Crippen LogP contribution in [0, 0.1) is 6.92 Å². The Hall–Kier alpha value is -0.690. The first-order chi connectivity index (χ1) is 11.9. The van der Waals surface area contributed by atoms with Crippen molar-refractivity contribution in [1.82, 2.24) is 14.9 Å². The van der Waals surface area contributed by atoms with Gasteiger partial charge in [0.05, 0.1) is 0 Å². The number of hydrogen-bond acceptors (Lipinski definition) is 5. The summed E-state index contributed by atoms with van der Waals surface area (Å²) in [6, 6.07) is 7.61. The molecule has 0 saturated heterocycles. The van der Waals surface area contributed by atoms with E-state index in [1.807, 2.05) is 31.0 Å². The Morgan fingerprint density at radius 1 is 1.27 bits per heavy atom. The molecule has 0 unspecified atom stereocenters. The minimum atomic E-state index is -3.43. The highest BCUT2D eigenvalue weighted by atomic mass is 127. The van der Waals surface area contributed by atoms with E-state index in [9.17, 15) is 8.42 Å². The largest absolute Gasteiger partial charge is 0.355 e. The average molecular weight is 529 g/mol. The molecule has 26 heavy (non-hydrogen) atoms. The highest BCUT2D eigenvalue weighted by molar-refractivity contribution is 14.0. The summed E-state index contributed by atoms with van der Waals surface area (Å²) >= 11 is 3.02. The van der Waals surface area contributed by atoms with Crippen molar-refractivity contribution in [1.29, 1.82) is 0 Å². The molecule has 0 aliphatic carbocycles. The standard InChI is InChI=1S/C16H24N4O2S3.HI/c1-13-6-7-15(24-13)25(21,22)19-10-9-18-16(17-2)20(3)11-8-14-5-4-12-23-14;/h4-7,12,19H,8-11H2,1-3H3,(H,17,18);1H. The Morgan fingerprint density at radius 3 is 2.62 bits per heavy atom. The van der Waals surface area contributed by atoms with Crippen molar-refractivity contribution < 1.29 is 8.42 Å². The molecule has 0 fully saturated rings. The number of halogens is 1. The molecule has 146 valence electrons. The second-order valence-corrected chi connectivity index (χ2v) is 9.80. The number of sulfonamides is 1. The van der Waals surface area contributed by atoms with Crippen LogP contribution in [0.3, 0.4) is 0 Å². The van der Waals surface area contributed by atoms with Crippen LogP contribution in [0.2, 0.25) is 0 Å². The number of aryl methyl sites for hydroxylation is 1. The molecule has 0 amide bonds. The van der Waals surface area contributed by atoms with Crippen LogP contribution in [0.4, 0.5) is 0 Å². The molecular weight excluding hydrogens is 503 g/mol. The first kappa shape index (κ1) is 23.3. The van der Waals surface area contributed by atoms with E-state index in [0.29, 0.717) is 17.3 Å². The highest BCUT2D eigenvalue weighted by Gasteiger charge is 2.15. The van der Waals surface area contributed by atoms with Gasteiger partial charge in [0.1, 0.15) is 4.21 Å². The Kier molecular flexibility index (Phi) is 10.1. The molecule has 2 rings (SSSR count). The van der Waals surface area contributed by atoms with Crippen LogP contribution in [-0.4, -0.2) is 53.0 Å². The van der Waals surface area contributed by atoms with Crippen LogP contribution >= 0.6 is 46.7 Å². The maximum atomic E-state index is 12.2. The molecule has 10 heteroatoms. The lowest BCUT2D eigenvalue weighted by Crippen LogP contribution is -2.43. The Morgan fingerprint density at radius 2 is 2.04 bits per heavy atom. The van der Waals surface area contributed by atoms with Gasteiger partial charge in [0.2, 0.25) is 10.0 Å². The van der Waals surface area contributed by atoms with Crippen molar-refractivity contribution in [3.8, 4) is 0 Å². The minimum Gasteiger partial charge on any atom is -0.355 e. The molecule has 2 heterocycles. The minimum absolute atomic E-state index is 0. The third kappa shape index (κ3) is 7.14. The number of guanidine groups is 1. The van der Waals surface area contributed by atoms with E-state index in [1.54, 1.807) is 24.5 Å². The van der Waals surface area contributed by atoms with Gasteiger partial charge in [-0.05, 0) is 36.9 Å². The Bertz CT molecular complexity index is 788. The van der Waals surface area contributed by atoms with Crippen molar-refractivity contribution in [3.05, 3.63) is 39.4 Å². The Labute approximate surface area is 180 Å². The third-order valence-electron chi connectivity index (χ3n) is 3.53. The van der Waals surface area contributed by atoms with Gasteiger partial charge in [0.25, 0.3) is 0 Å². The number of rotatable bonds is 8. The molecule has 0 bridgehead atoms. The molecule has 0 saturated carbocycles. The number of hydrogen-bond donors (Lipinski definition) is 2. The van der Waals surface area contributed by atoms with Gasteiger partial charge in [-0.1, -0.05) is 6.07 Å². The maximum Gasteiger partial charge on any atom is 0.250 e. The lowest BCUT2D eigenvalue weighted by molar-refractivity contribution is 0.486. The molecule has 0 radical (unpaired) electrons.